The quantitative estimate of drug-likeness (QED) is 0.153. The van der Waals surface area contributed by atoms with Crippen LogP contribution in [0, 0.1) is 5.92 Å². The van der Waals surface area contributed by atoms with Gasteiger partial charge < -0.3 is 14.4 Å². The maximum absolute atomic E-state index is 13.1. The maximum Gasteiger partial charge on any atom is 0.334 e. The van der Waals surface area contributed by atoms with E-state index in [2.05, 4.69) is 4.98 Å². The van der Waals surface area contributed by atoms with Crippen LogP contribution in [-0.4, -0.2) is 47.4 Å². The minimum Gasteiger partial charge on any atom is -0.505 e. The molecule has 0 saturated carbocycles. The van der Waals surface area contributed by atoms with Crippen LogP contribution in [0.1, 0.15) is 40.5 Å². The summed E-state index contributed by atoms with van der Waals surface area (Å²) in [5.41, 5.74) is 0.421. The van der Waals surface area contributed by atoms with Crippen LogP contribution in [-0.2, 0) is 18.6 Å². The topological polar surface area (TPSA) is 85.7 Å². The summed E-state index contributed by atoms with van der Waals surface area (Å²) in [6, 6.07) is 3.29. The molecular formula is C20H32NO5PS. The van der Waals surface area contributed by atoms with Crippen LogP contribution >= 0.6 is 19.1 Å². The SMILES string of the molecule is CCOC(=O)/C(=C/CCCSc1ncccc1O)CP(=O)(CC(C)C)OCC. The zero-order valence-corrected chi connectivity index (χ0v) is 18.9. The molecule has 1 aromatic heterocycles. The lowest BCUT2D eigenvalue weighted by atomic mass is 10.2. The molecule has 0 saturated heterocycles. The molecule has 0 bridgehead atoms. The smallest absolute Gasteiger partial charge is 0.334 e. The van der Waals surface area contributed by atoms with Crippen molar-refractivity contribution in [3.63, 3.8) is 0 Å². The summed E-state index contributed by atoms with van der Waals surface area (Å²) in [5, 5.41) is 10.3. The van der Waals surface area contributed by atoms with Crippen LogP contribution in [0.5, 0.6) is 5.75 Å². The van der Waals surface area contributed by atoms with E-state index < -0.39 is 13.3 Å². The molecule has 1 aromatic rings. The molecule has 1 rings (SSSR count). The van der Waals surface area contributed by atoms with Crippen molar-refractivity contribution in [2.24, 2.45) is 5.92 Å². The molecule has 0 radical (unpaired) electrons. The second-order valence-electron chi connectivity index (χ2n) is 6.74. The third-order valence-electron chi connectivity index (χ3n) is 3.69. The Morgan fingerprint density at radius 2 is 2.11 bits per heavy atom. The molecule has 0 fully saturated rings. The fourth-order valence-corrected chi connectivity index (χ4v) is 6.21. The first kappa shape index (κ1) is 24.7. The lowest BCUT2D eigenvalue weighted by Crippen LogP contribution is -2.14. The zero-order chi connectivity index (χ0) is 21.0. The van der Waals surface area contributed by atoms with E-state index in [0.29, 0.717) is 29.8 Å². The van der Waals surface area contributed by atoms with Gasteiger partial charge in [0.1, 0.15) is 10.8 Å². The van der Waals surface area contributed by atoms with Gasteiger partial charge in [0, 0.05) is 17.9 Å². The number of carbonyl (C=O) groups is 1. The minimum absolute atomic E-state index is 0.103. The number of hydrogen-bond donors (Lipinski definition) is 1. The molecule has 8 heteroatoms. The van der Waals surface area contributed by atoms with Crippen molar-refractivity contribution in [1.82, 2.24) is 4.98 Å². The number of unbranched alkanes of at least 4 members (excludes halogenated alkanes) is 1. The Hall–Kier alpha value is -1.30. The van der Waals surface area contributed by atoms with Gasteiger partial charge in [-0.2, -0.15) is 0 Å². The van der Waals surface area contributed by atoms with Gasteiger partial charge in [0.25, 0.3) is 0 Å². The van der Waals surface area contributed by atoms with E-state index in [1.165, 1.54) is 11.8 Å². The molecule has 0 amide bonds. The Kier molecular flexibility index (Phi) is 11.5. The molecule has 1 heterocycles. The van der Waals surface area contributed by atoms with Crippen LogP contribution in [0.3, 0.4) is 0 Å². The summed E-state index contributed by atoms with van der Waals surface area (Å²) < 4.78 is 23.9. The van der Waals surface area contributed by atoms with Gasteiger partial charge in [-0.25, -0.2) is 9.78 Å². The number of aromatic hydroxyl groups is 1. The third kappa shape index (κ3) is 9.26. The first-order valence-corrected chi connectivity index (χ1v) is 12.6. The van der Waals surface area contributed by atoms with E-state index in [4.69, 9.17) is 9.26 Å². The van der Waals surface area contributed by atoms with Crippen molar-refractivity contribution in [1.29, 1.82) is 0 Å². The summed E-state index contributed by atoms with van der Waals surface area (Å²) in [7, 11) is -2.94. The fraction of sp³-hybridized carbons (Fsp3) is 0.600. The van der Waals surface area contributed by atoms with Crippen LogP contribution in [0.25, 0.3) is 0 Å². The number of allylic oxidation sites excluding steroid dienone is 1. The number of esters is 1. The minimum atomic E-state index is -2.94. The van der Waals surface area contributed by atoms with E-state index >= 15 is 0 Å². The van der Waals surface area contributed by atoms with Gasteiger partial charge in [0.2, 0.25) is 7.37 Å². The molecule has 0 aliphatic carbocycles. The van der Waals surface area contributed by atoms with Gasteiger partial charge in [-0.15, -0.1) is 11.8 Å². The van der Waals surface area contributed by atoms with Crippen molar-refractivity contribution in [3.8, 4) is 5.75 Å². The first-order chi connectivity index (χ1) is 13.3. The monoisotopic (exact) mass is 429 g/mol. The molecular weight excluding hydrogens is 397 g/mol. The molecule has 6 nitrogen and oxygen atoms in total. The van der Waals surface area contributed by atoms with Crippen LogP contribution in [0.2, 0.25) is 0 Å². The molecule has 0 aliphatic heterocycles. The van der Waals surface area contributed by atoms with Gasteiger partial charge in [-0.1, -0.05) is 19.9 Å². The molecule has 1 atom stereocenters. The van der Waals surface area contributed by atoms with Gasteiger partial charge in [0.05, 0.1) is 19.4 Å². The van der Waals surface area contributed by atoms with Crippen molar-refractivity contribution in [2.45, 2.75) is 45.6 Å². The lowest BCUT2D eigenvalue weighted by Gasteiger charge is -2.20. The number of aromatic nitrogens is 1. The number of carbonyl (C=O) groups excluding carboxylic acids is 1. The maximum atomic E-state index is 13.1. The molecule has 0 aromatic carbocycles. The number of rotatable bonds is 13. The number of ether oxygens (including phenoxy) is 1. The average Bonchev–Trinajstić information content (AvgIpc) is 2.61. The van der Waals surface area contributed by atoms with E-state index in [-0.39, 0.29) is 24.4 Å². The highest BCUT2D eigenvalue weighted by Gasteiger charge is 2.28. The van der Waals surface area contributed by atoms with Gasteiger partial charge in [0.15, 0.2) is 0 Å². The number of nitrogens with zero attached hydrogens (tertiary/aromatic N) is 1. The second kappa shape index (κ2) is 13.0. The summed E-state index contributed by atoms with van der Waals surface area (Å²) in [6.45, 7) is 8.17. The third-order valence-corrected chi connectivity index (χ3v) is 7.60. The second-order valence-corrected chi connectivity index (χ2v) is 10.4. The molecule has 158 valence electrons. The highest BCUT2D eigenvalue weighted by atomic mass is 32.2. The van der Waals surface area contributed by atoms with Crippen LogP contribution in [0.15, 0.2) is 35.0 Å². The van der Waals surface area contributed by atoms with Gasteiger partial charge in [-0.3, -0.25) is 4.57 Å². The van der Waals surface area contributed by atoms with E-state index in [0.717, 1.165) is 12.2 Å². The van der Waals surface area contributed by atoms with Crippen molar-refractivity contribution in [3.05, 3.63) is 30.0 Å². The molecule has 28 heavy (non-hydrogen) atoms. The van der Waals surface area contributed by atoms with E-state index in [9.17, 15) is 14.5 Å². The predicted molar refractivity (Wildman–Crippen MR) is 114 cm³/mol. The zero-order valence-electron chi connectivity index (χ0n) is 17.2. The average molecular weight is 430 g/mol. The lowest BCUT2D eigenvalue weighted by molar-refractivity contribution is -0.138. The normalized spacial score (nSPS) is 14.1. The number of pyridine rings is 1. The fourth-order valence-electron chi connectivity index (χ4n) is 2.67. The summed E-state index contributed by atoms with van der Waals surface area (Å²) in [5.74, 6) is 0.692. The Morgan fingerprint density at radius 1 is 1.36 bits per heavy atom. The van der Waals surface area contributed by atoms with Crippen molar-refractivity contribution < 1.29 is 23.7 Å². The highest BCUT2D eigenvalue weighted by Crippen LogP contribution is 2.50. The molecule has 0 aliphatic rings. The summed E-state index contributed by atoms with van der Waals surface area (Å²) in [4.78, 5) is 16.5. The Morgan fingerprint density at radius 3 is 2.71 bits per heavy atom. The molecule has 1 unspecified atom stereocenters. The number of thioether (sulfide) groups is 1. The van der Waals surface area contributed by atoms with E-state index in [1.807, 2.05) is 26.8 Å². The van der Waals surface area contributed by atoms with Crippen molar-refractivity contribution >= 4 is 25.1 Å². The molecule has 0 spiro atoms. The predicted octanol–water partition coefficient (Wildman–Crippen LogP) is 5.12. The molecule has 1 N–H and O–H groups in total. The van der Waals surface area contributed by atoms with Crippen LogP contribution in [0.4, 0.5) is 0 Å². The Labute approximate surface area is 172 Å². The van der Waals surface area contributed by atoms with Gasteiger partial charge >= 0.3 is 5.97 Å². The number of hydrogen-bond acceptors (Lipinski definition) is 7. The Balaban J connectivity index is 2.73. The highest BCUT2D eigenvalue weighted by molar-refractivity contribution is 7.99. The van der Waals surface area contributed by atoms with Crippen molar-refractivity contribution in [2.75, 3.05) is 31.3 Å². The summed E-state index contributed by atoms with van der Waals surface area (Å²) >= 11 is 1.46. The largest absolute Gasteiger partial charge is 0.505 e. The van der Waals surface area contributed by atoms with Gasteiger partial charge in [-0.05, 0) is 50.5 Å². The Bertz CT molecular complexity index is 693. The first-order valence-electron chi connectivity index (χ1n) is 9.66. The van der Waals surface area contributed by atoms with E-state index in [1.54, 1.807) is 25.3 Å². The van der Waals surface area contributed by atoms with Crippen LogP contribution < -0.4 is 0 Å². The summed E-state index contributed by atoms with van der Waals surface area (Å²) in [6.07, 6.45) is 5.41. The standard InChI is InChI=1S/C20H32NO5PS/c1-5-25-20(23)17(15-27(24,26-6-2)14-16(3)4)10-7-8-13-28-19-18(22)11-9-12-21-19/h9-12,16,22H,5-8,13-15H2,1-4H3/b17-10+.